The molecular formula is C17H20N8O. The number of anilines is 2. The van der Waals surface area contributed by atoms with Crippen molar-refractivity contribution in [1.29, 1.82) is 0 Å². The molecule has 0 unspecified atom stereocenters. The van der Waals surface area contributed by atoms with Crippen LogP contribution in [-0.4, -0.2) is 37.7 Å². The molecule has 9 heteroatoms. The summed E-state index contributed by atoms with van der Waals surface area (Å²) >= 11 is 0. The van der Waals surface area contributed by atoms with Gasteiger partial charge in [0, 0.05) is 37.8 Å². The Hall–Kier alpha value is -3.46. The van der Waals surface area contributed by atoms with Crippen LogP contribution < -0.4 is 16.8 Å². The lowest BCUT2D eigenvalue weighted by atomic mass is 10.2. The first-order valence-electron chi connectivity index (χ1n) is 7.92. The van der Waals surface area contributed by atoms with Crippen molar-refractivity contribution in [2.24, 2.45) is 10.7 Å². The number of allylic oxidation sites excluding steroid dienone is 1. The first-order chi connectivity index (χ1) is 12.7. The smallest absolute Gasteiger partial charge is 0.169 e. The third kappa shape index (κ3) is 3.47. The van der Waals surface area contributed by atoms with Gasteiger partial charge in [-0.3, -0.25) is 4.99 Å². The van der Waals surface area contributed by atoms with Crippen molar-refractivity contribution in [3.63, 3.8) is 0 Å². The fourth-order valence-electron chi connectivity index (χ4n) is 2.48. The predicted octanol–water partition coefficient (Wildman–Crippen LogP) is 0.811. The Balaban J connectivity index is 1.83. The fraction of sp³-hybridized carbons (Fsp3) is 0.176. The number of nitrogen functional groups attached to an aromatic ring is 1. The van der Waals surface area contributed by atoms with E-state index in [4.69, 9.17) is 11.5 Å². The largest absolute Gasteiger partial charge is 0.404 e. The second-order valence-corrected chi connectivity index (χ2v) is 5.53. The normalized spacial score (nSPS) is 12.2. The Kier molecular flexibility index (Phi) is 5.09. The van der Waals surface area contributed by atoms with Crippen LogP contribution in [0.25, 0.3) is 11.2 Å². The molecule has 0 fully saturated rings. The number of rotatable bonds is 6. The van der Waals surface area contributed by atoms with E-state index >= 15 is 0 Å². The van der Waals surface area contributed by atoms with Crippen LogP contribution in [0.4, 0.5) is 11.6 Å². The van der Waals surface area contributed by atoms with Crippen molar-refractivity contribution >= 4 is 29.1 Å². The van der Waals surface area contributed by atoms with E-state index < -0.39 is 0 Å². The van der Waals surface area contributed by atoms with Gasteiger partial charge in [-0.1, -0.05) is 6.07 Å². The zero-order chi connectivity index (χ0) is 18.5. The van der Waals surface area contributed by atoms with Crippen LogP contribution in [0.1, 0.15) is 17.0 Å². The first kappa shape index (κ1) is 17.4. The van der Waals surface area contributed by atoms with Gasteiger partial charge in [0.1, 0.15) is 5.65 Å². The van der Waals surface area contributed by atoms with Crippen LogP contribution in [0.3, 0.4) is 0 Å². The molecule has 6 N–H and O–H groups in total. The summed E-state index contributed by atoms with van der Waals surface area (Å²) in [6.07, 6.45) is 8.12. The van der Waals surface area contributed by atoms with Gasteiger partial charge in [0.15, 0.2) is 11.6 Å². The summed E-state index contributed by atoms with van der Waals surface area (Å²) in [5.74, 6) is 0.748. The molecule has 0 saturated heterocycles. The van der Waals surface area contributed by atoms with E-state index in [1.165, 1.54) is 6.20 Å². The van der Waals surface area contributed by atoms with Gasteiger partial charge in [0.05, 0.1) is 30.4 Å². The molecule has 0 aromatic carbocycles. The molecule has 26 heavy (non-hydrogen) atoms. The molecule has 3 aromatic heterocycles. The number of hydrogen-bond donors (Lipinski definition) is 4. The Bertz CT molecular complexity index is 976. The van der Waals surface area contributed by atoms with Crippen LogP contribution >= 0.6 is 0 Å². The van der Waals surface area contributed by atoms with Crippen molar-refractivity contribution < 1.29 is 5.11 Å². The molecule has 0 aliphatic rings. The molecule has 0 saturated carbocycles. The molecule has 0 bridgehead atoms. The number of nitrogens with two attached hydrogens (primary N) is 2. The second kappa shape index (κ2) is 7.62. The van der Waals surface area contributed by atoms with Gasteiger partial charge in [-0.05, 0) is 11.6 Å². The number of nitrogens with one attached hydrogen (secondary N) is 1. The third-order valence-electron chi connectivity index (χ3n) is 3.81. The molecule has 3 rings (SSSR count). The summed E-state index contributed by atoms with van der Waals surface area (Å²) in [5.41, 5.74) is 15.2. The lowest BCUT2D eigenvalue weighted by Crippen LogP contribution is -2.09. The Morgan fingerprint density at radius 1 is 1.35 bits per heavy atom. The zero-order valence-electron chi connectivity index (χ0n) is 14.3. The van der Waals surface area contributed by atoms with Crippen LogP contribution in [0.2, 0.25) is 0 Å². The molecular weight excluding hydrogens is 332 g/mol. The van der Waals surface area contributed by atoms with Gasteiger partial charge in [0.2, 0.25) is 0 Å². The van der Waals surface area contributed by atoms with Crippen molar-refractivity contribution in [1.82, 2.24) is 19.4 Å². The van der Waals surface area contributed by atoms with E-state index in [-0.39, 0.29) is 6.61 Å². The maximum atomic E-state index is 9.37. The lowest BCUT2D eigenvalue weighted by molar-refractivity contribution is 0.276. The monoisotopic (exact) mass is 352 g/mol. The molecule has 0 radical (unpaired) electrons. The van der Waals surface area contributed by atoms with Gasteiger partial charge in [-0.2, -0.15) is 0 Å². The number of aromatic nitrogens is 4. The SMILES string of the molecule is CN=CC(=CN)c1cnc(N)c(NCc2ccc3ncc(CO)n3c2)n1. The standard InChI is InChI=1S/C17H20N8O/c1-20-6-12(4-18)14-8-22-16(19)17(24-14)23-5-11-2-3-15-21-7-13(10-26)25(15)9-11/h2-4,6-9,26H,5,10,18H2,1H3,(H2,19,22)(H,23,24). The van der Waals surface area contributed by atoms with Crippen molar-refractivity contribution in [3.8, 4) is 0 Å². The summed E-state index contributed by atoms with van der Waals surface area (Å²) in [7, 11) is 1.65. The summed E-state index contributed by atoms with van der Waals surface area (Å²) in [5, 5.41) is 12.5. The number of imidazole rings is 1. The van der Waals surface area contributed by atoms with Gasteiger partial charge in [-0.15, -0.1) is 0 Å². The molecule has 0 atom stereocenters. The molecule has 134 valence electrons. The molecule has 9 nitrogen and oxygen atoms in total. The molecule has 0 spiro atoms. The number of aliphatic hydroxyl groups is 1. The van der Waals surface area contributed by atoms with Crippen LogP contribution in [0.15, 0.2) is 41.9 Å². The Morgan fingerprint density at radius 2 is 2.19 bits per heavy atom. The summed E-state index contributed by atoms with van der Waals surface area (Å²) in [4.78, 5) is 16.8. The highest BCUT2D eigenvalue weighted by Crippen LogP contribution is 2.18. The van der Waals surface area contributed by atoms with Crippen molar-refractivity contribution in [2.45, 2.75) is 13.2 Å². The zero-order valence-corrected chi connectivity index (χ0v) is 14.3. The van der Waals surface area contributed by atoms with E-state index in [1.54, 1.807) is 25.7 Å². The lowest BCUT2D eigenvalue weighted by Gasteiger charge is -2.10. The van der Waals surface area contributed by atoms with Crippen LogP contribution in [0.5, 0.6) is 0 Å². The van der Waals surface area contributed by atoms with Gasteiger partial charge >= 0.3 is 0 Å². The third-order valence-corrected chi connectivity index (χ3v) is 3.81. The number of aliphatic imine (C=N–C) groups is 1. The minimum Gasteiger partial charge on any atom is -0.404 e. The maximum absolute atomic E-state index is 9.37. The van der Waals surface area contributed by atoms with Gasteiger partial charge < -0.3 is 26.3 Å². The second-order valence-electron chi connectivity index (χ2n) is 5.53. The Morgan fingerprint density at radius 3 is 2.92 bits per heavy atom. The number of nitrogens with zero attached hydrogens (tertiary/aromatic N) is 5. The minimum absolute atomic E-state index is 0.0777. The van der Waals surface area contributed by atoms with Crippen LogP contribution in [-0.2, 0) is 13.2 Å². The topological polar surface area (TPSA) is 140 Å². The highest BCUT2D eigenvalue weighted by atomic mass is 16.3. The van der Waals surface area contributed by atoms with Gasteiger partial charge in [-0.25, -0.2) is 15.0 Å². The average molecular weight is 352 g/mol. The minimum atomic E-state index is -0.0777. The fourth-order valence-corrected chi connectivity index (χ4v) is 2.48. The molecule has 0 aliphatic carbocycles. The highest BCUT2D eigenvalue weighted by Gasteiger charge is 2.08. The molecule has 0 amide bonds. The number of hydrogen-bond acceptors (Lipinski definition) is 8. The average Bonchev–Trinajstić information content (AvgIpc) is 3.08. The summed E-state index contributed by atoms with van der Waals surface area (Å²) < 4.78 is 1.84. The molecule has 0 aliphatic heterocycles. The quantitative estimate of drug-likeness (QED) is 0.481. The summed E-state index contributed by atoms with van der Waals surface area (Å²) in [6.45, 7) is 0.399. The van der Waals surface area contributed by atoms with E-state index in [0.717, 1.165) is 16.9 Å². The van der Waals surface area contributed by atoms with Gasteiger partial charge in [0.25, 0.3) is 0 Å². The predicted molar refractivity (Wildman–Crippen MR) is 101 cm³/mol. The van der Waals surface area contributed by atoms with Crippen LogP contribution in [0, 0.1) is 0 Å². The number of pyridine rings is 1. The van der Waals surface area contributed by atoms with E-state index in [2.05, 4.69) is 25.3 Å². The number of fused-ring (bicyclic) bond motifs is 1. The molecule has 3 heterocycles. The summed E-state index contributed by atoms with van der Waals surface area (Å²) in [6, 6.07) is 3.83. The van der Waals surface area contributed by atoms with E-state index in [1.807, 2.05) is 22.7 Å². The van der Waals surface area contributed by atoms with Crippen molar-refractivity contribution in [2.75, 3.05) is 18.1 Å². The molecule has 3 aromatic rings. The highest BCUT2D eigenvalue weighted by molar-refractivity contribution is 6.08. The van der Waals surface area contributed by atoms with E-state index in [0.29, 0.717) is 29.4 Å². The van der Waals surface area contributed by atoms with E-state index in [9.17, 15) is 5.11 Å². The van der Waals surface area contributed by atoms with Crippen molar-refractivity contribution in [3.05, 3.63) is 53.9 Å². The number of aliphatic hydroxyl groups excluding tert-OH is 1. The maximum Gasteiger partial charge on any atom is 0.169 e. The Labute approximate surface area is 150 Å². The first-order valence-corrected chi connectivity index (χ1v) is 7.92.